The number of hydrogen-bond donors (Lipinski definition) is 0. The standard InChI is InChI=1S/C17H26O4/c1-14(2,3)12(18)21-17-9-15(4)6-11(20-13(17)19)7-16(5,8-15)10-17/h11H,6-10H2,1-5H3. The van der Waals surface area contributed by atoms with Crippen LogP contribution in [0.1, 0.15) is 66.7 Å². The lowest BCUT2D eigenvalue weighted by atomic mass is 9.52. The van der Waals surface area contributed by atoms with Gasteiger partial charge in [0.1, 0.15) is 6.10 Å². The third-order valence-corrected chi connectivity index (χ3v) is 5.27. The van der Waals surface area contributed by atoms with Crippen LogP contribution in [0.4, 0.5) is 0 Å². The molecule has 4 aliphatic rings. The summed E-state index contributed by atoms with van der Waals surface area (Å²) < 4.78 is 11.5. The molecule has 4 bridgehead atoms. The summed E-state index contributed by atoms with van der Waals surface area (Å²) >= 11 is 0. The molecule has 4 fully saturated rings. The summed E-state index contributed by atoms with van der Waals surface area (Å²) in [5.74, 6) is -0.636. The van der Waals surface area contributed by atoms with Crippen LogP contribution < -0.4 is 0 Å². The van der Waals surface area contributed by atoms with Gasteiger partial charge in [0.2, 0.25) is 5.60 Å². The number of carbonyl (C=O) groups is 2. The Morgan fingerprint density at radius 2 is 1.67 bits per heavy atom. The van der Waals surface area contributed by atoms with Crippen molar-refractivity contribution in [3.8, 4) is 0 Å². The maximum Gasteiger partial charge on any atom is 0.350 e. The van der Waals surface area contributed by atoms with E-state index in [1.165, 1.54) is 0 Å². The van der Waals surface area contributed by atoms with Gasteiger partial charge >= 0.3 is 11.9 Å². The zero-order valence-corrected chi connectivity index (χ0v) is 13.7. The molecule has 4 rings (SSSR count). The Balaban J connectivity index is 1.99. The largest absolute Gasteiger partial charge is 0.459 e. The molecule has 0 amide bonds. The molecule has 0 aromatic heterocycles. The SMILES string of the molecule is CC12CC3CC(C)(C1)CC(OC(=O)C(C)(C)C)(C2)C(=O)O3. The molecular formula is C17H26O4. The highest BCUT2D eigenvalue weighted by molar-refractivity contribution is 5.86. The molecule has 2 unspecified atom stereocenters. The number of fused-ring (bicyclic) bond motifs is 1. The molecule has 2 saturated carbocycles. The third-order valence-electron chi connectivity index (χ3n) is 5.27. The van der Waals surface area contributed by atoms with Crippen LogP contribution in [0.2, 0.25) is 0 Å². The molecule has 0 aromatic rings. The van der Waals surface area contributed by atoms with E-state index in [-0.39, 0.29) is 28.9 Å². The zero-order valence-electron chi connectivity index (χ0n) is 13.7. The summed E-state index contributed by atoms with van der Waals surface area (Å²) in [5, 5.41) is 0. The summed E-state index contributed by atoms with van der Waals surface area (Å²) in [6, 6.07) is 0. The lowest BCUT2D eigenvalue weighted by molar-refractivity contribution is -0.195. The van der Waals surface area contributed by atoms with Gasteiger partial charge in [0, 0.05) is 12.8 Å². The van der Waals surface area contributed by atoms with Crippen LogP contribution in [0.25, 0.3) is 0 Å². The fourth-order valence-electron chi connectivity index (χ4n) is 4.99. The monoisotopic (exact) mass is 294 g/mol. The molecular weight excluding hydrogens is 268 g/mol. The lowest BCUT2D eigenvalue weighted by Crippen LogP contribution is -2.55. The molecule has 21 heavy (non-hydrogen) atoms. The summed E-state index contributed by atoms with van der Waals surface area (Å²) in [6.07, 6.45) is 4.06. The summed E-state index contributed by atoms with van der Waals surface area (Å²) in [5.41, 5.74) is -1.63. The highest BCUT2D eigenvalue weighted by Crippen LogP contribution is 2.62. The molecule has 2 aliphatic heterocycles. The lowest BCUT2D eigenvalue weighted by Gasteiger charge is -2.53. The first-order valence-corrected chi connectivity index (χ1v) is 7.90. The van der Waals surface area contributed by atoms with Crippen LogP contribution in [0, 0.1) is 16.2 Å². The van der Waals surface area contributed by atoms with Crippen LogP contribution in [-0.2, 0) is 19.1 Å². The van der Waals surface area contributed by atoms with E-state index in [1.54, 1.807) is 0 Å². The van der Waals surface area contributed by atoms with Gasteiger partial charge in [-0.2, -0.15) is 0 Å². The van der Waals surface area contributed by atoms with E-state index >= 15 is 0 Å². The second-order valence-corrected chi connectivity index (χ2v) is 9.22. The van der Waals surface area contributed by atoms with Crippen molar-refractivity contribution in [1.29, 1.82) is 0 Å². The second kappa shape index (κ2) is 4.02. The van der Waals surface area contributed by atoms with Crippen LogP contribution in [0.15, 0.2) is 0 Å². The third kappa shape index (κ3) is 2.36. The first-order valence-electron chi connectivity index (χ1n) is 7.90. The van der Waals surface area contributed by atoms with Gasteiger partial charge in [-0.1, -0.05) is 13.8 Å². The Morgan fingerprint density at radius 1 is 1.14 bits per heavy atom. The van der Waals surface area contributed by atoms with Gasteiger partial charge < -0.3 is 9.47 Å². The van der Waals surface area contributed by atoms with E-state index in [0.29, 0.717) is 12.8 Å². The fourth-order valence-corrected chi connectivity index (χ4v) is 4.99. The van der Waals surface area contributed by atoms with Crippen LogP contribution in [-0.4, -0.2) is 23.6 Å². The van der Waals surface area contributed by atoms with Gasteiger partial charge in [-0.15, -0.1) is 0 Å². The maximum atomic E-state index is 12.6. The summed E-state index contributed by atoms with van der Waals surface area (Å²) in [7, 11) is 0. The number of hydrogen-bond acceptors (Lipinski definition) is 4. The van der Waals surface area contributed by atoms with Gasteiger partial charge in [0.15, 0.2) is 0 Å². The Bertz CT molecular complexity index is 483. The van der Waals surface area contributed by atoms with Gasteiger partial charge in [-0.3, -0.25) is 4.79 Å². The van der Waals surface area contributed by atoms with Gasteiger partial charge in [0.25, 0.3) is 0 Å². The van der Waals surface area contributed by atoms with E-state index in [0.717, 1.165) is 19.3 Å². The second-order valence-electron chi connectivity index (χ2n) is 9.22. The van der Waals surface area contributed by atoms with Crippen LogP contribution in [0.5, 0.6) is 0 Å². The predicted molar refractivity (Wildman–Crippen MR) is 77.5 cm³/mol. The van der Waals surface area contributed by atoms with E-state index in [4.69, 9.17) is 9.47 Å². The van der Waals surface area contributed by atoms with Gasteiger partial charge in [-0.25, -0.2) is 4.79 Å². The van der Waals surface area contributed by atoms with E-state index in [9.17, 15) is 9.59 Å². The maximum absolute atomic E-state index is 12.6. The highest BCUT2D eigenvalue weighted by atomic mass is 16.6. The van der Waals surface area contributed by atoms with Gasteiger partial charge in [-0.05, 0) is 50.9 Å². The summed E-state index contributed by atoms with van der Waals surface area (Å²) in [4.78, 5) is 25.0. The average Bonchev–Trinajstić information content (AvgIpc) is 2.33. The molecule has 4 heteroatoms. The van der Waals surface area contributed by atoms with Gasteiger partial charge in [0.05, 0.1) is 5.41 Å². The highest BCUT2D eigenvalue weighted by Gasteiger charge is 2.64. The molecule has 2 heterocycles. The molecule has 0 N–H and O–H groups in total. The minimum absolute atomic E-state index is 0.0148. The number of rotatable bonds is 1. The van der Waals surface area contributed by atoms with Crippen molar-refractivity contribution in [3.05, 3.63) is 0 Å². The minimum atomic E-state index is -1.07. The van der Waals surface area contributed by atoms with Crippen molar-refractivity contribution in [3.63, 3.8) is 0 Å². The number of esters is 2. The Kier molecular flexibility index (Phi) is 2.84. The van der Waals surface area contributed by atoms with Crippen molar-refractivity contribution >= 4 is 11.9 Å². The van der Waals surface area contributed by atoms with Crippen LogP contribution in [0.3, 0.4) is 0 Å². The first-order chi connectivity index (χ1) is 9.46. The van der Waals surface area contributed by atoms with Crippen LogP contribution >= 0.6 is 0 Å². The molecule has 0 radical (unpaired) electrons. The molecule has 2 aliphatic carbocycles. The Morgan fingerprint density at radius 3 is 2.14 bits per heavy atom. The fraction of sp³-hybridized carbons (Fsp3) is 0.882. The first kappa shape index (κ1) is 14.9. The van der Waals surface area contributed by atoms with Crippen molar-refractivity contribution < 1.29 is 19.1 Å². The zero-order chi connectivity index (χ0) is 15.7. The van der Waals surface area contributed by atoms with Crippen molar-refractivity contribution in [2.45, 2.75) is 78.4 Å². The Labute approximate surface area is 126 Å². The number of carbonyl (C=O) groups excluding carboxylic acids is 2. The molecule has 118 valence electrons. The summed E-state index contributed by atoms with van der Waals surface area (Å²) in [6.45, 7) is 9.86. The molecule has 4 nitrogen and oxygen atoms in total. The normalized spacial score (nSPS) is 45.2. The molecule has 0 spiro atoms. The number of ether oxygens (including phenoxy) is 2. The van der Waals surface area contributed by atoms with E-state index in [1.807, 2.05) is 20.8 Å². The average molecular weight is 294 g/mol. The van der Waals surface area contributed by atoms with Crippen molar-refractivity contribution in [2.75, 3.05) is 0 Å². The topological polar surface area (TPSA) is 52.6 Å². The minimum Gasteiger partial charge on any atom is -0.459 e. The smallest absolute Gasteiger partial charge is 0.350 e. The molecule has 2 atom stereocenters. The molecule has 0 aromatic carbocycles. The Hall–Kier alpha value is -1.06. The van der Waals surface area contributed by atoms with Crippen molar-refractivity contribution in [1.82, 2.24) is 0 Å². The quantitative estimate of drug-likeness (QED) is 0.697. The molecule has 2 saturated heterocycles. The predicted octanol–water partition coefficient (Wildman–Crippen LogP) is 3.23. The van der Waals surface area contributed by atoms with E-state index in [2.05, 4.69) is 13.8 Å². The van der Waals surface area contributed by atoms with Crippen molar-refractivity contribution in [2.24, 2.45) is 16.2 Å². The van der Waals surface area contributed by atoms with E-state index < -0.39 is 11.0 Å².